The van der Waals surface area contributed by atoms with E-state index in [0.717, 1.165) is 25.5 Å². The molecule has 0 bridgehead atoms. The first kappa shape index (κ1) is 15.8. The first-order chi connectivity index (χ1) is 9.47. The van der Waals surface area contributed by atoms with Crippen LogP contribution in [0.3, 0.4) is 0 Å². The van der Waals surface area contributed by atoms with E-state index >= 15 is 0 Å². The molecular weight excluding hydrogens is 252 g/mol. The summed E-state index contributed by atoms with van der Waals surface area (Å²) in [5.41, 5.74) is 0. The van der Waals surface area contributed by atoms with Crippen molar-refractivity contribution >= 4 is 5.91 Å². The molecule has 2 aliphatic rings. The number of amides is 1. The molecule has 5 atom stereocenters. The molecular formula is C16H30N2O2. The normalized spacial score (nSPS) is 39.5. The summed E-state index contributed by atoms with van der Waals surface area (Å²) >= 11 is 0. The largest absolute Gasteiger partial charge is 0.376 e. The Labute approximate surface area is 123 Å². The predicted molar refractivity (Wildman–Crippen MR) is 80.6 cm³/mol. The molecule has 5 unspecified atom stereocenters. The Morgan fingerprint density at radius 2 is 2.00 bits per heavy atom. The van der Waals surface area contributed by atoms with Crippen LogP contribution >= 0.6 is 0 Å². The quantitative estimate of drug-likeness (QED) is 0.861. The lowest BCUT2D eigenvalue weighted by molar-refractivity contribution is -0.127. The number of carbonyl (C=O) groups is 1. The number of rotatable bonds is 3. The van der Waals surface area contributed by atoms with Crippen LogP contribution in [-0.4, -0.2) is 48.7 Å². The fourth-order valence-electron chi connectivity index (χ4n) is 3.41. The summed E-state index contributed by atoms with van der Waals surface area (Å²) in [6.45, 7) is 10.9. The third kappa shape index (κ3) is 3.95. The molecule has 1 aliphatic heterocycles. The Balaban J connectivity index is 1.82. The SMILES string of the molecule is CC1CN(CC(=O)NC2CCCC(C)C2C)C(C)CO1. The van der Waals surface area contributed by atoms with Crippen molar-refractivity contribution in [3.63, 3.8) is 0 Å². The summed E-state index contributed by atoms with van der Waals surface area (Å²) in [6, 6.07) is 0.694. The van der Waals surface area contributed by atoms with Crippen LogP contribution in [0, 0.1) is 11.8 Å². The Morgan fingerprint density at radius 1 is 1.25 bits per heavy atom. The zero-order valence-electron chi connectivity index (χ0n) is 13.4. The molecule has 1 saturated heterocycles. The molecule has 0 spiro atoms. The third-order valence-electron chi connectivity index (χ3n) is 5.14. The van der Waals surface area contributed by atoms with E-state index in [1.165, 1.54) is 12.8 Å². The Hall–Kier alpha value is -0.610. The summed E-state index contributed by atoms with van der Waals surface area (Å²) < 4.78 is 5.61. The van der Waals surface area contributed by atoms with Gasteiger partial charge in [-0.2, -0.15) is 0 Å². The Kier molecular flexibility index (Phi) is 5.44. The smallest absolute Gasteiger partial charge is 0.234 e. The number of hydrogen-bond donors (Lipinski definition) is 1. The van der Waals surface area contributed by atoms with Crippen LogP contribution in [-0.2, 0) is 9.53 Å². The molecule has 2 rings (SSSR count). The number of hydrogen-bond acceptors (Lipinski definition) is 3. The van der Waals surface area contributed by atoms with Gasteiger partial charge in [-0.05, 0) is 32.1 Å². The summed E-state index contributed by atoms with van der Waals surface area (Å²) in [5, 5.41) is 3.26. The van der Waals surface area contributed by atoms with Gasteiger partial charge in [0.25, 0.3) is 0 Å². The van der Waals surface area contributed by atoms with E-state index in [9.17, 15) is 4.79 Å². The van der Waals surface area contributed by atoms with Crippen LogP contribution in [0.4, 0.5) is 0 Å². The second-order valence-electron chi connectivity index (χ2n) is 6.86. The molecule has 20 heavy (non-hydrogen) atoms. The van der Waals surface area contributed by atoms with E-state index in [2.05, 4.69) is 37.9 Å². The van der Waals surface area contributed by atoms with E-state index in [4.69, 9.17) is 4.74 Å². The molecule has 0 aromatic rings. The first-order valence-corrected chi connectivity index (χ1v) is 8.12. The minimum atomic E-state index is 0.178. The Bertz CT molecular complexity index is 328. The second kappa shape index (κ2) is 6.90. The van der Waals surface area contributed by atoms with Gasteiger partial charge < -0.3 is 10.1 Å². The highest BCUT2D eigenvalue weighted by Gasteiger charge is 2.30. The van der Waals surface area contributed by atoms with E-state index in [-0.39, 0.29) is 12.0 Å². The molecule has 1 aliphatic carbocycles. The summed E-state index contributed by atoms with van der Waals surface area (Å²) in [5.74, 6) is 1.49. The van der Waals surface area contributed by atoms with Crippen LogP contribution in [0.2, 0.25) is 0 Å². The zero-order chi connectivity index (χ0) is 14.7. The fourth-order valence-corrected chi connectivity index (χ4v) is 3.41. The zero-order valence-corrected chi connectivity index (χ0v) is 13.4. The van der Waals surface area contributed by atoms with Gasteiger partial charge in [-0.25, -0.2) is 0 Å². The van der Waals surface area contributed by atoms with Gasteiger partial charge in [0.05, 0.1) is 19.3 Å². The molecule has 0 radical (unpaired) electrons. The average Bonchev–Trinajstić information content (AvgIpc) is 2.39. The van der Waals surface area contributed by atoms with Gasteiger partial charge in [-0.1, -0.05) is 26.7 Å². The standard InChI is InChI=1S/C16H30N2O2/c1-11-6-5-7-15(14(11)4)17-16(19)9-18-8-13(3)20-10-12(18)2/h11-15H,5-10H2,1-4H3,(H,17,19). The highest BCUT2D eigenvalue weighted by molar-refractivity contribution is 5.78. The topological polar surface area (TPSA) is 41.6 Å². The number of nitrogens with one attached hydrogen (secondary N) is 1. The van der Waals surface area contributed by atoms with Crippen molar-refractivity contribution in [2.75, 3.05) is 19.7 Å². The van der Waals surface area contributed by atoms with E-state index in [1.54, 1.807) is 0 Å². The molecule has 0 aromatic carbocycles. The maximum atomic E-state index is 12.3. The lowest BCUT2D eigenvalue weighted by Gasteiger charge is -2.38. The fraction of sp³-hybridized carbons (Fsp3) is 0.938. The summed E-state index contributed by atoms with van der Waals surface area (Å²) in [6.07, 6.45) is 3.90. The molecule has 1 amide bonds. The summed E-state index contributed by atoms with van der Waals surface area (Å²) in [7, 11) is 0. The van der Waals surface area contributed by atoms with Gasteiger partial charge in [0.1, 0.15) is 0 Å². The van der Waals surface area contributed by atoms with Gasteiger partial charge in [0, 0.05) is 18.6 Å². The monoisotopic (exact) mass is 282 g/mol. The van der Waals surface area contributed by atoms with Crippen molar-refractivity contribution in [2.45, 2.75) is 65.1 Å². The third-order valence-corrected chi connectivity index (χ3v) is 5.14. The molecule has 1 heterocycles. The molecule has 4 nitrogen and oxygen atoms in total. The minimum Gasteiger partial charge on any atom is -0.376 e. The maximum Gasteiger partial charge on any atom is 0.234 e. The molecule has 116 valence electrons. The van der Waals surface area contributed by atoms with E-state index < -0.39 is 0 Å². The van der Waals surface area contributed by atoms with Gasteiger partial charge in [-0.3, -0.25) is 9.69 Å². The number of nitrogens with zero attached hydrogens (tertiary/aromatic N) is 1. The molecule has 2 fully saturated rings. The van der Waals surface area contributed by atoms with Gasteiger partial charge in [-0.15, -0.1) is 0 Å². The second-order valence-corrected chi connectivity index (χ2v) is 6.86. The van der Waals surface area contributed by atoms with Gasteiger partial charge in [0.15, 0.2) is 0 Å². The van der Waals surface area contributed by atoms with E-state index in [1.807, 2.05) is 0 Å². The predicted octanol–water partition coefficient (Wildman–Crippen LogP) is 2.04. The Morgan fingerprint density at radius 3 is 2.75 bits per heavy atom. The highest BCUT2D eigenvalue weighted by Crippen LogP contribution is 2.29. The minimum absolute atomic E-state index is 0.178. The van der Waals surface area contributed by atoms with Crippen molar-refractivity contribution in [3.05, 3.63) is 0 Å². The number of carbonyl (C=O) groups excluding carboxylic acids is 1. The average molecular weight is 282 g/mol. The van der Waals surface area contributed by atoms with Crippen molar-refractivity contribution in [1.29, 1.82) is 0 Å². The number of morpholine rings is 1. The maximum absolute atomic E-state index is 12.3. The molecule has 1 N–H and O–H groups in total. The van der Waals surface area contributed by atoms with Crippen molar-refractivity contribution in [1.82, 2.24) is 10.2 Å². The van der Waals surface area contributed by atoms with Crippen LogP contribution in [0.15, 0.2) is 0 Å². The summed E-state index contributed by atoms with van der Waals surface area (Å²) in [4.78, 5) is 14.5. The first-order valence-electron chi connectivity index (χ1n) is 8.12. The van der Waals surface area contributed by atoms with Crippen molar-refractivity contribution < 1.29 is 9.53 Å². The molecule has 4 heteroatoms. The lowest BCUT2D eigenvalue weighted by Crippen LogP contribution is -2.53. The number of ether oxygens (including phenoxy) is 1. The van der Waals surface area contributed by atoms with Crippen LogP contribution in [0.1, 0.15) is 47.0 Å². The van der Waals surface area contributed by atoms with Crippen molar-refractivity contribution in [3.8, 4) is 0 Å². The van der Waals surface area contributed by atoms with E-state index in [0.29, 0.717) is 24.5 Å². The van der Waals surface area contributed by atoms with Gasteiger partial charge in [0.2, 0.25) is 5.91 Å². The highest BCUT2D eigenvalue weighted by atomic mass is 16.5. The molecule has 0 aromatic heterocycles. The van der Waals surface area contributed by atoms with Crippen LogP contribution in [0.25, 0.3) is 0 Å². The van der Waals surface area contributed by atoms with Crippen LogP contribution in [0.5, 0.6) is 0 Å². The molecule has 1 saturated carbocycles. The van der Waals surface area contributed by atoms with Gasteiger partial charge >= 0.3 is 0 Å². The van der Waals surface area contributed by atoms with Crippen LogP contribution < -0.4 is 5.32 Å². The van der Waals surface area contributed by atoms with Crippen molar-refractivity contribution in [2.24, 2.45) is 11.8 Å². The lowest BCUT2D eigenvalue weighted by atomic mass is 9.78.